The van der Waals surface area contributed by atoms with Gasteiger partial charge in [0.2, 0.25) is 0 Å². The highest BCUT2D eigenvalue weighted by Crippen LogP contribution is 2.28. The Balaban J connectivity index is 2.50. The molecule has 0 amide bonds. The fraction of sp³-hybridized carbons (Fsp3) is 1.00. The van der Waals surface area contributed by atoms with E-state index in [9.17, 15) is 0 Å². The molecule has 1 heterocycles. The van der Waals surface area contributed by atoms with Crippen molar-refractivity contribution < 1.29 is 4.74 Å². The molecule has 0 bridgehead atoms. The summed E-state index contributed by atoms with van der Waals surface area (Å²) >= 11 is 0. The lowest BCUT2D eigenvalue weighted by atomic mass is 9.82. The van der Waals surface area contributed by atoms with Gasteiger partial charge in [0.1, 0.15) is 0 Å². The van der Waals surface area contributed by atoms with Crippen LogP contribution in [0.1, 0.15) is 26.2 Å². The molecule has 1 fully saturated rings. The van der Waals surface area contributed by atoms with E-state index in [1.807, 2.05) is 0 Å². The second kappa shape index (κ2) is 8.10. The predicted molar refractivity (Wildman–Crippen MR) is 76.8 cm³/mol. The molecule has 0 aliphatic carbocycles. The van der Waals surface area contributed by atoms with E-state index in [0.717, 1.165) is 52.4 Å². The van der Waals surface area contributed by atoms with Crippen LogP contribution in [-0.4, -0.2) is 69.8 Å². The first-order valence-corrected chi connectivity index (χ1v) is 7.27. The van der Waals surface area contributed by atoms with Crippen LogP contribution < -0.4 is 5.73 Å². The molecule has 0 aromatic rings. The molecule has 0 spiro atoms. The quantitative estimate of drug-likeness (QED) is 0.705. The van der Waals surface area contributed by atoms with E-state index >= 15 is 0 Å². The van der Waals surface area contributed by atoms with Crippen LogP contribution >= 0.6 is 0 Å². The summed E-state index contributed by atoms with van der Waals surface area (Å²) in [4.78, 5) is 4.80. The van der Waals surface area contributed by atoms with Crippen molar-refractivity contribution in [3.8, 4) is 0 Å². The standard InChI is InChI=1S/C14H31N3O/c1-4-7-17(9-8-16(2)3)12-14(11-15)6-5-10-18-13-14/h4-13,15H2,1-3H3. The molecule has 0 aromatic heterocycles. The minimum absolute atomic E-state index is 0.194. The van der Waals surface area contributed by atoms with Gasteiger partial charge in [-0.1, -0.05) is 6.92 Å². The lowest BCUT2D eigenvalue weighted by molar-refractivity contribution is -0.0224. The highest BCUT2D eigenvalue weighted by Gasteiger charge is 2.33. The first-order valence-electron chi connectivity index (χ1n) is 7.27. The van der Waals surface area contributed by atoms with Crippen molar-refractivity contribution in [1.29, 1.82) is 0 Å². The first-order chi connectivity index (χ1) is 8.62. The third-order valence-corrected chi connectivity index (χ3v) is 3.80. The minimum atomic E-state index is 0.194. The van der Waals surface area contributed by atoms with Crippen LogP contribution in [0.25, 0.3) is 0 Å². The summed E-state index contributed by atoms with van der Waals surface area (Å²) < 4.78 is 5.66. The maximum absolute atomic E-state index is 6.02. The molecule has 1 atom stereocenters. The first kappa shape index (κ1) is 15.9. The van der Waals surface area contributed by atoms with Gasteiger partial charge >= 0.3 is 0 Å². The van der Waals surface area contributed by atoms with Crippen molar-refractivity contribution in [3.63, 3.8) is 0 Å². The van der Waals surface area contributed by atoms with Gasteiger partial charge in [0.15, 0.2) is 0 Å². The molecule has 1 rings (SSSR count). The Morgan fingerprint density at radius 3 is 2.50 bits per heavy atom. The summed E-state index contributed by atoms with van der Waals surface area (Å²) in [6.45, 7) is 9.23. The van der Waals surface area contributed by atoms with E-state index in [1.54, 1.807) is 0 Å². The average Bonchev–Trinajstić information content (AvgIpc) is 2.37. The van der Waals surface area contributed by atoms with Crippen molar-refractivity contribution >= 4 is 0 Å². The van der Waals surface area contributed by atoms with Crippen LogP contribution in [0.3, 0.4) is 0 Å². The molecular formula is C14H31N3O. The van der Waals surface area contributed by atoms with Crippen molar-refractivity contribution in [1.82, 2.24) is 9.80 Å². The van der Waals surface area contributed by atoms with Gasteiger partial charge < -0.3 is 20.3 Å². The van der Waals surface area contributed by atoms with E-state index in [4.69, 9.17) is 10.5 Å². The summed E-state index contributed by atoms with van der Waals surface area (Å²) in [7, 11) is 4.26. The number of nitrogens with two attached hydrogens (primary N) is 1. The molecule has 0 aromatic carbocycles. The smallest absolute Gasteiger partial charge is 0.0546 e. The Labute approximate surface area is 112 Å². The lowest BCUT2D eigenvalue weighted by Gasteiger charge is -2.40. The Kier molecular flexibility index (Phi) is 7.15. The van der Waals surface area contributed by atoms with Gasteiger partial charge in [0.05, 0.1) is 6.61 Å². The highest BCUT2D eigenvalue weighted by molar-refractivity contribution is 4.86. The van der Waals surface area contributed by atoms with E-state index in [0.29, 0.717) is 0 Å². The monoisotopic (exact) mass is 257 g/mol. The third kappa shape index (κ3) is 5.22. The molecular weight excluding hydrogens is 226 g/mol. The zero-order valence-corrected chi connectivity index (χ0v) is 12.5. The third-order valence-electron chi connectivity index (χ3n) is 3.80. The maximum atomic E-state index is 6.02. The summed E-state index contributed by atoms with van der Waals surface area (Å²) in [5.41, 5.74) is 6.22. The molecule has 1 saturated heterocycles. The normalized spacial score (nSPS) is 25.0. The molecule has 108 valence electrons. The van der Waals surface area contributed by atoms with Crippen molar-refractivity contribution in [2.45, 2.75) is 26.2 Å². The number of hydrogen-bond donors (Lipinski definition) is 1. The van der Waals surface area contributed by atoms with Crippen molar-refractivity contribution in [2.75, 3.05) is 60.0 Å². The molecule has 0 saturated carbocycles. The van der Waals surface area contributed by atoms with Gasteiger partial charge in [0.25, 0.3) is 0 Å². The molecule has 1 aliphatic heterocycles. The summed E-state index contributed by atoms with van der Waals surface area (Å²) in [5.74, 6) is 0. The predicted octanol–water partition coefficient (Wildman–Crippen LogP) is 1.02. The maximum Gasteiger partial charge on any atom is 0.0546 e. The Morgan fingerprint density at radius 2 is 2.00 bits per heavy atom. The molecule has 1 aliphatic rings. The van der Waals surface area contributed by atoms with Gasteiger partial charge in [-0.25, -0.2) is 0 Å². The zero-order valence-electron chi connectivity index (χ0n) is 12.5. The van der Waals surface area contributed by atoms with Gasteiger partial charge in [-0.05, 0) is 39.9 Å². The van der Waals surface area contributed by atoms with Crippen molar-refractivity contribution in [2.24, 2.45) is 11.1 Å². The highest BCUT2D eigenvalue weighted by atomic mass is 16.5. The fourth-order valence-corrected chi connectivity index (χ4v) is 2.66. The second-order valence-electron chi connectivity index (χ2n) is 5.94. The van der Waals surface area contributed by atoms with E-state index < -0.39 is 0 Å². The van der Waals surface area contributed by atoms with Crippen LogP contribution in [0.5, 0.6) is 0 Å². The Bertz CT molecular complexity index is 215. The molecule has 4 nitrogen and oxygen atoms in total. The number of rotatable bonds is 8. The van der Waals surface area contributed by atoms with E-state index in [-0.39, 0.29) is 5.41 Å². The van der Waals surface area contributed by atoms with Crippen molar-refractivity contribution in [3.05, 3.63) is 0 Å². The number of likely N-dealkylation sites (N-methyl/N-ethyl adjacent to an activating group) is 1. The summed E-state index contributed by atoms with van der Waals surface area (Å²) in [6, 6.07) is 0. The van der Waals surface area contributed by atoms with Gasteiger partial charge in [-0.15, -0.1) is 0 Å². The van der Waals surface area contributed by atoms with Gasteiger partial charge in [0, 0.05) is 38.2 Å². The summed E-state index contributed by atoms with van der Waals surface area (Å²) in [5, 5.41) is 0. The summed E-state index contributed by atoms with van der Waals surface area (Å²) in [6.07, 6.45) is 3.57. The topological polar surface area (TPSA) is 41.7 Å². The lowest BCUT2D eigenvalue weighted by Crippen LogP contribution is -2.49. The number of hydrogen-bond acceptors (Lipinski definition) is 4. The number of nitrogens with zero attached hydrogens (tertiary/aromatic N) is 2. The number of ether oxygens (including phenoxy) is 1. The molecule has 2 N–H and O–H groups in total. The minimum Gasteiger partial charge on any atom is -0.381 e. The van der Waals surface area contributed by atoms with Gasteiger partial charge in [-0.2, -0.15) is 0 Å². The van der Waals surface area contributed by atoms with Gasteiger partial charge in [-0.3, -0.25) is 0 Å². The van der Waals surface area contributed by atoms with Crippen LogP contribution in [-0.2, 0) is 4.74 Å². The van der Waals surface area contributed by atoms with Crippen LogP contribution in [0, 0.1) is 5.41 Å². The van der Waals surface area contributed by atoms with E-state index in [2.05, 4.69) is 30.8 Å². The van der Waals surface area contributed by atoms with Crippen LogP contribution in [0.15, 0.2) is 0 Å². The molecule has 4 heteroatoms. The fourth-order valence-electron chi connectivity index (χ4n) is 2.66. The SMILES string of the molecule is CCCN(CCN(C)C)CC1(CN)CCCOC1. The molecule has 1 unspecified atom stereocenters. The Morgan fingerprint density at radius 1 is 1.22 bits per heavy atom. The Hall–Kier alpha value is -0.160. The van der Waals surface area contributed by atoms with Crippen LogP contribution in [0.4, 0.5) is 0 Å². The largest absolute Gasteiger partial charge is 0.381 e. The zero-order chi connectivity index (χ0) is 13.4. The van der Waals surface area contributed by atoms with Crippen LogP contribution in [0.2, 0.25) is 0 Å². The van der Waals surface area contributed by atoms with E-state index in [1.165, 1.54) is 12.8 Å². The second-order valence-corrected chi connectivity index (χ2v) is 5.94. The molecule has 0 radical (unpaired) electrons. The molecule has 18 heavy (non-hydrogen) atoms. The average molecular weight is 257 g/mol.